The van der Waals surface area contributed by atoms with Crippen LogP contribution in [0.3, 0.4) is 0 Å². The third-order valence-corrected chi connectivity index (χ3v) is 8.06. The van der Waals surface area contributed by atoms with Gasteiger partial charge in [0.2, 0.25) is 0 Å². The lowest BCUT2D eigenvalue weighted by Crippen LogP contribution is -2.53. The van der Waals surface area contributed by atoms with E-state index in [9.17, 15) is 9.59 Å². The van der Waals surface area contributed by atoms with Crippen molar-refractivity contribution in [3.05, 3.63) is 29.1 Å². The van der Waals surface area contributed by atoms with E-state index < -0.39 is 18.3 Å². The number of ether oxygens (including phenoxy) is 1. The molecule has 0 N–H and O–H groups in total. The maximum atomic E-state index is 13.2. The number of aromatic nitrogens is 1. The predicted octanol–water partition coefficient (Wildman–Crippen LogP) is 2.35. The lowest BCUT2D eigenvalue weighted by atomic mass is 9.76. The molecule has 0 aromatic carbocycles. The van der Waals surface area contributed by atoms with Gasteiger partial charge >= 0.3 is 13.1 Å². The molecule has 0 bridgehead atoms. The molecular formula is C25H34BN3O5. The summed E-state index contributed by atoms with van der Waals surface area (Å²) >= 11 is 0. The molecule has 9 heteroatoms. The van der Waals surface area contributed by atoms with E-state index in [1.807, 2.05) is 33.8 Å². The van der Waals surface area contributed by atoms with Crippen molar-refractivity contribution in [3.8, 4) is 0 Å². The summed E-state index contributed by atoms with van der Waals surface area (Å²) in [5, 5.41) is 0. The quantitative estimate of drug-likeness (QED) is 0.493. The Hall–Kier alpha value is -2.39. The van der Waals surface area contributed by atoms with Crippen LogP contribution in [0.5, 0.6) is 0 Å². The summed E-state index contributed by atoms with van der Waals surface area (Å²) in [6.45, 7) is 11.6. The van der Waals surface area contributed by atoms with Crippen LogP contribution >= 0.6 is 0 Å². The zero-order chi connectivity index (χ0) is 24.3. The van der Waals surface area contributed by atoms with Gasteiger partial charge in [-0.25, -0.2) is 4.98 Å². The number of ketones is 1. The number of carbonyl (C=O) groups is 2. The molecule has 5 rings (SSSR count). The molecule has 4 heterocycles. The number of rotatable bonds is 4. The average molecular weight is 467 g/mol. The minimum absolute atomic E-state index is 0.0749. The molecule has 182 valence electrons. The van der Waals surface area contributed by atoms with Crippen molar-refractivity contribution >= 4 is 30.2 Å². The summed E-state index contributed by atoms with van der Waals surface area (Å²) in [6.07, 6.45) is 5.90. The molecule has 1 unspecified atom stereocenters. The highest BCUT2D eigenvalue weighted by atomic mass is 16.7. The Morgan fingerprint density at radius 2 is 1.88 bits per heavy atom. The van der Waals surface area contributed by atoms with Gasteiger partial charge in [0, 0.05) is 49.6 Å². The van der Waals surface area contributed by atoms with Gasteiger partial charge in [0.1, 0.15) is 18.5 Å². The lowest BCUT2D eigenvalue weighted by Gasteiger charge is -2.40. The maximum absolute atomic E-state index is 13.2. The second-order valence-corrected chi connectivity index (χ2v) is 10.7. The van der Waals surface area contributed by atoms with Crippen LogP contribution in [0.2, 0.25) is 0 Å². The molecule has 0 spiro atoms. The van der Waals surface area contributed by atoms with Crippen LogP contribution in [0.15, 0.2) is 23.5 Å². The number of carbonyl (C=O) groups excluding carboxylic acids is 2. The molecule has 2 fully saturated rings. The first-order valence-electron chi connectivity index (χ1n) is 12.3. The Bertz CT molecular complexity index is 1040. The minimum Gasteiger partial charge on any atom is -0.461 e. The first kappa shape index (κ1) is 23.4. The van der Waals surface area contributed by atoms with Gasteiger partial charge < -0.3 is 23.8 Å². The summed E-state index contributed by atoms with van der Waals surface area (Å²) in [4.78, 5) is 34.1. The predicted molar refractivity (Wildman–Crippen MR) is 129 cm³/mol. The van der Waals surface area contributed by atoms with Crippen molar-refractivity contribution in [2.75, 3.05) is 24.5 Å². The lowest BCUT2D eigenvalue weighted by molar-refractivity contribution is -0.142. The Labute approximate surface area is 201 Å². The smallest absolute Gasteiger partial charge is 0.461 e. The molecule has 1 aromatic rings. The molecule has 0 amide bonds. The second kappa shape index (κ2) is 8.38. The van der Waals surface area contributed by atoms with Gasteiger partial charge in [-0.05, 0) is 64.9 Å². The number of hydrogen-bond acceptors (Lipinski definition) is 8. The zero-order valence-electron chi connectivity index (χ0n) is 20.8. The fourth-order valence-corrected chi connectivity index (χ4v) is 5.48. The maximum Gasteiger partial charge on any atom is 0.495 e. The standard InChI is InChI=1S/C25H34BN3O5/c1-16(30)32-15-18-19(26-33-24(2,3)25(4,5)34-26)10-11-27-23(18)28-12-13-29-20-9-7-6-8-17(20)22(31)21(29)14-28/h10-11,21H,6-9,12-15H2,1-5H3. The molecule has 34 heavy (non-hydrogen) atoms. The number of Topliss-reactive ketones (excluding diaryl/α,β-unsaturated/α-hetero) is 1. The summed E-state index contributed by atoms with van der Waals surface area (Å²) in [5.41, 5.74) is 2.89. The zero-order valence-corrected chi connectivity index (χ0v) is 20.8. The molecule has 8 nitrogen and oxygen atoms in total. The van der Waals surface area contributed by atoms with Crippen molar-refractivity contribution in [3.63, 3.8) is 0 Å². The van der Waals surface area contributed by atoms with Gasteiger partial charge in [-0.3, -0.25) is 9.59 Å². The highest BCUT2D eigenvalue weighted by molar-refractivity contribution is 6.62. The third kappa shape index (κ3) is 3.83. The average Bonchev–Trinajstić information content (AvgIpc) is 3.20. The number of piperazine rings is 1. The normalized spacial score (nSPS) is 25.5. The van der Waals surface area contributed by atoms with Gasteiger partial charge in [-0.15, -0.1) is 0 Å². The minimum atomic E-state index is -0.597. The topological polar surface area (TPSA) is 81.2 Å². The van der Waals surface area contributed by atoms with Crippen LogP contribution in [0.25, 0.3) is 0 Å². The van der Waals surface area contributed by atoms with Crippen LogP contribution in [-0.4, -0.2) is 65.6 Å². The van der Waals surface area contributed by atoms with E-state index in [2.05, 4.69) is 9.80 Å². The molecule has 1 atom stereocenters. The van der Waals surface area contributed by atoms with Crippen molar-refractivity contribution < 1.29 is 23.6 Å². The largest absolute Gasteiger partial charge is 0.495 e. The number of anilines is 1. The molecule has 1 aliphatic carbocycles. The molecule has 2 saturated heterocycles. The van der Waals surface area contributed by atoms with E-state index >= 15 is 0 Å². The van der Waals surface area contributed by atoms with Crippen molar-refractivity contribution in [1.29, 1.82) is 0 Å². The SMILES string of the molecule is CC(=O)OCc1c(B2OC(C)(C)C(C)(C)O2)ccnc1N1CCN2C3=C(CCCC3)C(=O)C2C1. The van der Waals surface area contributed by atoms with Crippen molar-refractivity contribution in [2.24, 2.45) is 0 Å². The van der Waals surface area contributed by atoms with Crippen LogP contribution in [0, 0.1) is 0 Å². The summed E-state index contributed by atoms with van der Waals surface area (Å²) in [7, 11) is -0.597. The van der Waals surface area contributed by atoms with Gasteiger partial charge in [0.05, 0.1) is 11.2 Å². The number of allylic oxidation sites excluding steroid dienone is 1. The molecule has 0 radical (unpaired) electrons. The Balaban J connectivity index is 1.46. The highest BCUT2D eigenvalue weighted by Crippen LogP contribution is 2.39. The van der Waals surface area contributed by atoms with E-state index in [0.29, 0.717) is 6.54 Å². The molecule has 1 aromatic heterocycles. The van der Waals surface area contributed by atoms with Gasteiger partial charge in [-0.1, -0.05) is 0 Å². The van der Waals surface area contributed by atoms with Gasteiger partial charge in [0.25, 0.3) is 0 Å². The van der Waals surface area contributed by atoms with Gasteiger partial charge in [0.15, 0.2) is 5.78 Å². The monoisotopic (exact) mass is 467 g/mol. The van der Waals surface area contributed by atoms with Crippen molar-refractivity contribution in [1.82, 2.24) is 9.88 Å². The van der Waals surface area contributed by atoms with Crippen LogP contribution in [-0.2, 0) is 30.2 Å². The third-order valence-electron chi connectivity index (χ3n) is 8.06. The molecular weight excluding hydrogens is 433 g/mol. The van der Waals surface area contributed by atoms with Crippen molar-refractivity contribution in [2.45, 2.75) is 84.2 Å². The first-order valence-corrected chi connectivity index (χ1v) is 12.3. The van der Waals surface area contributed by atoms with E-state index in [-0.39, 0.29) is 24.4 Å². The van der Waals surface area contributed by atoms with Crippen LogP contribution in [0.1, 0.15) is 65.9 Å². The van der Waals surface area contributed by atoms with E-state index in [1.54, 1.807) is 6.20 Å². The number of esters is 1. The van der Waals surface area contributed by atoms with Crippen LogP contribution in [0.4, 0.5) is 5.82 Å². The highest BCUT2D eigenvalue weighted by Gasteiger charge is 2.52. The first-order chi connectivity index (χ1) is 16.1. The fourth-order valence-electron chi connectivity index (χ4n) is 5.48. The number of pyridine rings is 1. The Kier molecular flexibility index (Phi) is 5.76. The molecule has 0 saturated carbocycles. The number of nitrogens with zero attached hydrogens (tertiary/aromatic N) is 3. The molecule has 4 aliphatic rings. The van der Waals surface area contributed by atoms with E-state index in [0.717, 1.165) is 61.2 Å². The Morgan fingerprint density at radius 3 is 2.59 bits per heavy atom. The molecule has 3 aliphatic heterocycles. The number of hydrogen-bond donors (Lipinski definition) is 0. The summed E-state index contributed by atoms with van der Waals surface area (Å²) in [6, 6.07) is 1.71. The fraction of sp³-hybridized carbons (Fsp3) is 0.640. The summed E-state index contributed by atoms with van der Waals surface area (Å²) < 4.78 is 18.1. The van der Waals surface area contributed by atoms with Crippen LogP contribution < -0.4 is 10.4 Å². The summed E-state index contributed by atoms with van der Waals surface area (Å²) in [5.74, 6) is 0.635. The van der Waals surface area contributed by atoms with Gasteiger partial charge in [-0.2, -0.15) is 0 Å². The second-order valence-electron chi connectivity index (χ2n) is 10.7. The van der Waals surface area contributed by atoms with E-state index in [1.165, 1.54) is 12.6 Å². The Morgan fingerprint density at radius 1 is 1.18 bits per heavy atom. The number of fused-ring (bicyclic) bond motifs is 2. The van der Waals surface area contributed by atoms with E-state index in [4.69, 9.17) is 19.0 Å².